The second kappa shape index (κ2) is 6.16. The summed E-state index contributed by atoms with van der Waals surface area (Å²) in [6, 6.07) is 17.1. The maximum Gasteiger partial charge on any atom is 0.0676 e. The van der Waals surface area contributed by atoms with Gasteiger partial charge in [0.1, 0.15) is 0 Å². The van der Waals surface area contributed by atoms with Crippen molar-refractivity contribution in [2.24, 2.45) is 5.73 Å². The fourth-order valence-corrected chi connectivity index (χ4v) is 3.05. The van der Waals surface area contributed by atoms with Gasteiger partial charge in [0.25, 0.3) is 0 Å². The molecule has 3 heteroatoms. The Morgan fingerprint density at radius 1 is 1.10 bits per heavy atom. The van der Waals surface area contributed by atoms with E-state index in [-0.39, 0.29) is 12.1 Å². The quantitative estimate of drug-likeness (QED) is 0.929. The van der Waals surface area contributed by atoms with E-state index in [0.29, 0.717) is 0 Å². The minimum atomic E-state index is 0.169. The van der Waals surface area contributed by atoms with Crippen LogP contribution in [-0.2, 0) is 6.54 Å². The van der Waals surface area contributed by atoms with Crippen molar-refractivity contribution in [2.75, 3.05) is 6.54 Å². The second-order valence-corrected chi connectivity index (χ2v) is 5.46. The van der Waals surface area contributed by atoms with Crippen LogP contribution in [0.5, 0.6) is 0 Å². The van der Waals surface area contributed by atoms with E-state index < -0.39 is 0 Å². The molecule has 2 unspecified atom stereocenters. The van der Waals surface area contributed by atoms with Crippen molar-refractivity contribution in [3.63, 3.8) is 0 Å². The van der Waals surface area contributed by atoms with Gasteiger partial charge in [-0.15, -0.1) is 0 Å². The van der Waals surface area contributed by atoms with Crippen LogP contribution in [0, 0.1) is 0 Å². The molecule has 0 bridgehead atoms. The number of nitrogens with zero attached hydrogens (tertiary/aromatic N) is 2. The molecule has 1 aromatic heterocycles. The number of pyridine rings is 1. The third kappa shape index (κ3) is 2.89. The van der Waals surface area contributed by atoms with Gasteiger partial charge in [0.05, 0.1) is 11.7 Å². The van der Waals surface area contributed by atoms with E-state index in [0.717, 1.165) is 31.6 Å². The highest BCUT2D eigenvalue weighted by Crippen LogP contribution is 2.30. The average Bonchev–Trinajstić information content (AvgIpc) is 2.49. The number of aromatic nitrogens is 1. The van der Waals surface area contributed by atoms with Gasteiger partial charge in [0, 0.05) is 18.8 Å². The molecule has 1 aliphatic rings. The molecule has 0 radical (unpaired) electrons. The van der Waals surface area contributed by atoms with Crippen molar-refractivity contribution in [2.45, 2.75) is 31.5 Å². The Kier molecular flexibility index (Phi) is 4.09. The van der Waals surface area contributed by atoms with Crippen molar-refractivity contribution < 1.29 is 0 Å². The Balaban J connectivity index is 1.83. The van der Waals surface area contributed by atoms with Gasteiger partial charge in [-0.1, -0.05) is 36.4 Å². The van der Waals surface area contributed by atoms with Crippen molar-refractivity contribution in [1.82, 2.24) is 9.88 Å². The summed E-state index contributed by atoms with van der Waals surface area (Å²) in [6.45, 7) is 2.03. The molecule has 2 heterocycles. The summed E-state index contributed by atoms with van der Waals surface area (Å²) in [5.41, 5.74) is 8.80. The topological polar surface area (TPSA) is 42.1 Å². The first-order chi connectivity index (χ1) is 9.84. The molecular weight excluding hydrogens is 246 g/mol. The third-order valence-electron chi connectivity index (χ3n) is 4.00. The lowest BCUT2D eigenvalue weighted by Gasteiger charge is -2.39. The van der Waals surface area contributed by atoms with E-state index >= 15 is 0 Å². The van der Waals surface area contributed by atoms with E-state index in [1.54, 1.807) is 0 Å². The van der Waals surface area contributed by atoms with Crippen molar-refractivity contribution in [3.8, 4) is 0 Å². The largest absolute Gasteiger partial charge is 0.326 e. The van der Waals surface area contributed by atoms with Gasteiger partial charge in [-0.2, -0.15) is 0 Å². The van der Waals surface area contributed by atoms with E-state index in [2.05, 4.69) is 46.3 Å². The number of piperidine rings is 1. The zero-order chi connectivity index (χ0) is 13.8. The molecule has 2 aromatic rings. The first-order valence-electron chi connectivity index (χ1n) is 7.29. The summed E-state index contributed by atoms with van der Waals surface area (Å²) >= 11 is 0. The predicted molar refractivity (Wildman–Crippen MR) is 81.0 cm³/mol. The van der Waals surface area contributed by atoms with Crippen LogP contribution < -0.4 is 5.73 Å². The first kappa shape index (κ1) is 13.3. The molecule has 3 nitrogen and oxygen atoms in total. The van der Waals surface area contributed by atoms with Gasteiger partial charge in [-0.25, -0.2) is 0 Å². The van der Waals surface area contributed by atoms with Crippen LogP contribution in [0.3, 0.4) is 0 Å². The van der Waals surface area contributed by atoms with Crippen LogP contribution in [0.15, 0.2) is 54.7 Å². The highest BCUT2D eigenvalue weighted by atomic mass is 15.2. The highest BCUT2D eigenvalue weighted by Gasteiger charge is 2.31. The van der Waals surface area contributed by atoms with Crippen LogP contribution in [-0.4, -0.2) is 22.5 Å². The maximum absolute atomic E-state index is 6.37. The van der Waals surface area contributed by atoms with Crippen LogP contribution in [0.2, 0.25) is 0 Å². The molecule has 20 heavy (non-hydrogen) atoms. The zero-order valence-corrected chi connectivity index (χ0v) is 11.7. The molecule has 2 N–H and O–H groups in total. The number of hydrogen-bond acceptors (Lipinski definition) is 3. The van der Waals surface area contributed by atoms with E-state index in [4.69, 9.17) is 5.73 Å². The Morgan fingerprint density at radius 2 is 1.90 bits per heavy atom. The smallest absolute Gasteiger partial charge is 0.0676 e. The summed E-state index contributed by atoms with van der Waals surface area (Å²) < 4.78 is 0. The molecule has 1 saturated heterocycles. The summed E-state index contributed by atoms with van der Waals surface area (Å²) in [5.74, 6) is 0. The van der Waals surface area contributed by atoms with Gasteiger partial charge < -0.3 is 5.73 Å². The van der Waals surface area contributed by atoms with Crippen molar-refractivity contribution in [3.05, 3.63) is 66.0 Å². The fraction of sp³-hybridized carbons (Fsp3) is 0.353. The molecule has 0 spiro atoms. The van der Waals surface area contributed by atoms with E-state index in [1.165, 1.54) is 5.56 Å². The van der Waals surface area contributed by atoms with Gasteiger partial charge in [0.15, 0.2) is 0 Å². The molecule has 1 fully saturated rings. The molecule has 0 amide bonds. The second-order valence-electron chi connectivity index (χ2n) is 5.46. The third-order valence-corrected chi connectivity index (χ3v) is 4.00. The molecule has 0 saturated carbocycles. The molecule has 0 aliphatic carbocycles. The van der Waals surface area contributed by atoms with Crippen LogP contribution in [0.25, 0.3) is 0 Å². The minimum absolute atomic E-state index is 0.169. The lowest BCUT2D eigenvalue weighted by molar-refractivity contribution is 0.117. The SMILES string of the molecule is NC1CCCN(Cc2ccccc2)C1c1ccccn1. The number of hydrogen-bond donors (Lipinski definition) is 1. The van der Waals surface area contributed by atoms with E-state index in [1.807, 2.05) is 18.3 Å². The summed E-state index contributed by atoms with van der Waals surface area (Å²) in [7, 11) is 0. The highest BCUT2D eigenvalue weighted by molar-refractivity contribution is 5.17. The van der Waals surface area contributed by atoms with Crippen LogP contribution in [0.4, 0.5) is 0 Å². The van der Waals surface area contributed by atoms with Gasteiger partial charge in [-0.05, 0) is 37.1 Å². The number of rotatable bonds is 3. The van der Waals surface area contributed by atoms with E-state index in [9.17, 15) is 0 Å². The Labute approximate surface area is 120 Å². The summed E-state index contributed by atoms with van der Waals surface area (Å²) in [5, 5.41) is 0. The monoisotopic (exact) mass is 267 g/mol. The predicted octanol–water partition coefficient (Wildman–Crippen LogP) is 2.75. The summed E-state index contributed by atoms with van der Waals surface area (Å²) in [4.78, 5) is 6.99. The number of likely N-dealkylation sites (tertiary alicyclic amines) is 1. The standard InChI is InChI=1S/C17H21N3/c18-15-9-6-12-20(13-14-7-2-1-3-8-14)17(15)16-10-4-5-11-19-16/h1-5,7-8,10-11,15,17H,6,9,12-13,18H2. The molecule has 3 rings (SSSR count). The molecule has 2 atom stereocenters. The van der Waals surface area contributed by atoms with Gasteiger partial charge in [0.2, 0.25) is 0 Å². The molecule has 1 aromatic carbocycles. The average molecular weight is 267 g/mol. The Morgan fingerprint density at radius 3 is 2.65 bits per heavy atom. The molecule has 104 valence electrons. The first-order valence-corrected chi connectivity index (χ1v) is 7.29. The number of benzene rings is 1. The summed E-state index contributed by atoms with van der Waals surface area (Å²) in [6.07, 6.45) is 4.10. The zero-order valence-electron chi connectivity index (χ0n) is 11.7. The molecule has 1 aliphatic heterocycles. The Hall–Kier alpha value is -1.71. The van der Waals surface area contributed by atoms with Gasteiger partial charge in [-0.3, -0.25) is 9.88 Å². The molecular formula is C17H21N3. The fourth-order valence-electron chi connectivity index (χ4n) is 3.05. The normalized spacial score (nSPS) is 23.6. The number of nitrogens with two attached hydrogens (primary N) is 1. The minimum Gasteiger partial charge on any atom is -0.326 e. The lowest BCUT2D eigenvalue weighted by Crippen LogP contribution is -2.45. The maximum atomic E-state index is 6.37. The van der Waals surface area contributed by atoms with Crippen LogP contribution >= 0.6 is 0 Å². The Bertz CT molecular complexity index is 526. The van der Waals surface area contributed by atoms with Crippen molar-refractivity contribution >= 4 is 0 Å². The van der Waals surface area contributed by atoms with Crippen molar-refractivity contribution in [1.29, 1.82) is 0 Å². The lowest BCUT2D eigenvalue weighted by atomic mass is 9.93. The van der Waals surface area contributed by atoms with Gasteiger partial charge >= 0.3 is 0 Å². The van der Waals surface area contributed by atoms with Crippen LogP contribution in [0.1, 0.15) is 30.1 Å².